The molecule has 0 bridgehead atoms. The molecule has 0 radical (unpaired) electrons. The van der Waals surface area contributed by atoms with E-state index in [1.165, 1.54) is 0 Å². The summed E-state index contributed by atoms with van der Waals surface area (Å²) in [6, 6.07) is 5.80. The Kier molecular flexibility index (Phi) is 4.96. The Hall–Kier alpha value is -0.910. The Balaban J connectivity index is 2.10. The molecule has 1 N–H and O–H groups in total. The largest absolute Gasteiger partial charge is 0.373 e. The smallest absolute Gasteiger partial charge is 0.254 e. The number of nitrogens with one attached hydrogen (secondary N) is 1. The topological polar surface area (TPSA) is 41.6 Å². The summed E-state index contributed by atoms with van der Waals surface area (Å²) in [6.07, 6.45) is 0.0796. The third-order valence-electron chi connectivity index (χ3n) is 3.15. The third-order valence-corrected chi connectivity index (χ3v) is 3.60. The molecule has 19 heavy (non-hydrogen) atoms. The van der Waals surface area contributed by atoms with Crippen LogP contribution < -0.4 is 5.32 Å². The zero-order valence-corrected chi connectivity index (χ0v) is 12.9. The van der Waals surface area contributed by atoms with Crippen molar-refractivity contribution in [1.82, 2.24) is 10.2 Å². The van der Waals surface area contributed by atoms with Crippen molar-refractivity contribution in [2.24, 2.45) is 0 Å². The molecule has 1 fully saturated rings. The van der Waals surface area contributed by atoms with Crippen LogP contribution in [0.5, 0.6) is 0 Å². The van der Waals surface area contributed by atoms with Gasteiger partial charge < -0.3 is 15.0 Å². The highest BCUT2D eigenvalue weighted by molar-refractivity contribution is 9.10. The van der Waals surface area contributed by atoms with E-state index in [2.05, 4.69) is 21.2 Å². The van der Waals surface area contributed by atoms with Gasteiger partial charge in [0, 0.05) is 29.7 Å². The number of hydrogen-bond acceptors (Lipinski definition) is 3. The van der Waals surface area contributed by atoms with Crippen molar-refractivity contribution < 1.29 is 9.53 Å². The molecule has 4 nitrogen and oxygen atoms in total. The van der Waals surface area contributed by atoms with Crippen LogP contribution in [0.3, 0.4) is 0 Å². The lowest BCUT2D eigenvalue weighted by molar-refractivity contribution is -0.0196. The highest BCUT2D eigenvalue weighted by Crippen LogP contribution is 2.18. The van der Waals surface area contributed by atoms with Gasteiger partial charge in [0.2, 0.25) is 0 Å². The second-order valence-corrected chi connectivity index (χ2v) is 5.73. The molecule has 1 aromatic rings. The van der Waals surface area contributed by atoms with Crippen LogP contribution in [0.4, 0.5) is 0 Å². The molecule has 0 saturated carbocycles. The molecule has 104 valence electrons. The van der Waals surface area contributed by atoms with E-state index in [9.17, 15) is 4.79 Å². The third kappa shape index (κ3) is 3.78. The Morgan fingerprint density at radius 1 is 1.53 bits per heavy atom. The molecule has 1 saturated heterocycles. The zero-order valence-electron chi connectivity index (χ0n) is 11.3. The molecular weight excluding hydrogens is 308 g/mol. The molecule has 1 unspecified atom stereocenters. The summed E-state index contributed by atoms with van der Waals surface area (Å²) < 4.78 is 6.56. The van der Waals surface area contributed by atoms with Gasteiger partial charge in [-0.2, -0.15) is 0 Å². The van der Waals surface area contributed by atoms with E-state index in [0.29, 0.717) is 19.7 Å². The van der Waals surface area contributed by atoms with Gasteiger partial charge in [-0.05, 0) is 37.7 Å². The van der Waals surface area contributed by atoms with Crippen molar-refractivity contribution in [3.05, 3.63) is 33.8 Å². The van der Waals surface area contributed by atoms with E-state index >= 15 is 0 Å². The first-order chi connectivity index (χ1) is 9.10. The van der Waals surface area contributed by atoms with Crippen molar-refractivity contribution in [1.29, 1.82) is 0 Å². The van der Waals surface area contributed by atoms with Crippen LogP contribution >= 0.6 is 15.9 Å². The lowest BCUT2D eigenvalue weighted by atomic mass is 10.1. The fourth-order valence-corrected chi connectivity index (χ4v) is 2.91. The Bertz CT molecular complexity index is 443. The van der Waals surface area contributed by atoms with E-state index < -0.39 is 0 Å². The Labute approximate surface area is 122 Å². The first kappa shape index (κ1) is 14.5. The number of halogens is 1. The average Bonchev–Trinajstić information content (AvgIpc) is 2.37. The number of likely N-dealkylation sites (N-methyl/N-ethyl adjacent to an activating group) is 1. The van der Waals surface area contributed by atoms with E-state index in [4.69, 9.17) is 4.74 Å². The zero-order chi connectivity index (χ0) is 13.8. The second kappa shape index (κ2) is 6.50. The van der Waals surface area contributed by atoms with Crippen molar-refractivity contribution in [2.75, 3.05) is 33.3 Å². The number of ether oxygens (including phenoxy) is 1. The minimum Gasteiger partial charge on any atom is -0.373 e. The molecular formula is C14H19BrN2O2. The normalized spacial score (nSPS) is 19.5. The summed E-state index contributed by atoms with van der Waals surface area (Å²) in [6.45, 7) is 4.66. The maximum absolute atomic E-state index is 12.5. The van der Waals surface area contributed by atoms with Crippen LogP contribution in [0.25, 0.3) is 0 Å². The minimum absolute atomic E-state index is 0.0776. The lowest BCUT2D eigenvalue weighted by Crippen LogP contribution is -2.48. The van der Waals surface area contributed by atoms with Crippen LogP contribution in [0.1, 0.15) is 15.9 Å². The van der Waals surface area contributed by atoms with Gasteiger partial charge in [-0.25, -0.2) is 0 Å². The molecule has 1 aromatic carbocycles. The number of carbonyl (C=O) groups is 1. The average molecular weight is 327 g/mol. The predicted molar refractivity (Wildman–Crippen MR) is 78.4 cm³/mol. The van der Waals surface area contributed by atoms with Crippen molar-refractivity contribution in [2.45, 2.75) is 13.0 Å². The van der Waals surface area contributed by atoms with Crippen LogP contribution in [-0.2, 0) is 4.74 Å². The van der Waals surface area contributed by atoms with E-state index in [1.54, 1.807) is 0 Å². The molecule has 5 heteroatoms. The summed E-state index contributed by atoms with van der Waals surface area (Å²) in [4.78, 5) is 14.4. The Morgan fingerprint density at radius 3 is 3.00 bits per heavy atom. The molecule has 1 amide bonds. The molecule has 1 aliphatic heterocycles. The lowest BCUT2D eigenvalue weighted by Gasteiger charge is -2.33. The summed E-state index contributed by atoms with van der Waals surface area (Å²) in [7, 11) is 1.89. The number of benzene rings is 1. The molecule has 0 aromatic heterocycles. The number of morpholine rings is 1. The summed E-state index contributed by atoms with van der Waals surface area (Å²) in [5.41, 5.74) is 1.81. The quantitative estimate of drug-likeness (QED) is 0.921. The van der Waals surface area contributed by atoms with E-state index in [1.807, 2.05) is 37.1 Å². The van der Waals surface area contributed by atoms with Gasteiger partial charge >= 0.3 is 0 Å². The van der Waals surface area contributed by atoms with Gasteiger partial charge in [0.15, 0.2) is 0 Å². The van der Waals surface area contributed by atoms with Gasteiger partial charge in [-0.3, -0.25) is 4.79 Å². The summed E-state index contributed by atoms with van der Waals surface area (Å²) >= 11 is 3.44. The van der Waals surface area contributed by atoms with Gasteiger partial charge in [0.25, 0.3) is 5.91 Å². The maximum atomic E-state index is 12.5. The maximum Gasteiger partial charge on any atom is 0.254 e. The van der Waals surface area contributed by atoms with Crippen LogP contribution in [0.15, 0.2) is 22.7 Å². The second-order valence-electron chi connectivity index (χ2n) is 4.82. The SMILES string of the molecule is CNCC1CN(C(=O)c2cc(C)cc(Br)c2)CCO1. The summed E-state index contributed by atoms with van der Waals surface area (Å²) in [5, 5.41) is 3.08. The molecule has 2 rings (SSSR count). The standard InChI is InChI=1S/C14H19BrN2O2/c1-10-5-11(7-12(15)6-10)14(18)17-3-4-19-13(9-17)8-16-2/h5-7,13,16H,3-4,8-9H2,1-2H3. The van der Waals surface area contributed by atoms with Crippen LogP contribution in [0, 0.1) is 6.92 Å². The number of nitrogens with zero attached hydrogens (tertiary/aromatic N) is 1. The fraction of sp³-hybridized carbons (Fsp3) is 0.500. The Morgan fingerprint density at radius 2 is 2.32 bits per heavy atom. The molecule has 0 aliphatic carbocycles. The van der Waals surface area contributed by atoms with Crippen molar-refractivity contribution >= 4 is 21.8 Å². The van der Waals surface area contributed by atoms with Crippen molar-refractivity contribution in [3.63, 3.8) is 0 Å². The molecule has 1 aliphatic rings. The van der Waals surface area contributed by atoms with Gasteiger partial charge in [0.05, 0.1) is 12.7 Å². The van der Waals surface area contributed by atoms with E-state index in [-0.39, 0.29) is 12.0 Å². The van der Waals surface area contributed by atoms with Crippen LogP contribution in [-0.4, -0.2) is 50.2 Å². The predicted octanol–water partition coefficient (Wildman–Crippen LogP) is 1.82. The molecule has 0 spiro atoms. The highest BCUT2D eigenvalue weighted by Gasteiger charge is 2.24. The molecule has 1 atom stereocenters. The minimum atomic E-state index is 0.0776. The summed E-state index contributed by atoms with van der Waals surface area (Å²) in [5.74, 6) is 0.0776. The van der Waals surface area contributed by atoms with Gasteiger partial charge in [0.1, 0.15) is 0 Å². The number of rotatable bonds is 3. The van der Waals surface area contributed by atoms with E-state index in [0.717, 1.165) is 22.1 Å². The number of aryl methyl sites for hydroxylation is 1. The highest BCUT2D eigenvalue weighted by atomic mass is 79.9. The number of amides is 1. The monoisotopic (exact) mass is 326 g/mol. The van der Waals surface area contributed by atoms with Gasteiger partial charge in [-0.15, -0.1) is 0 Å². The van der Waals surface area contributed by atoms with Crippen molar-refractivity contribution in [3.8, 4) is 0 Å². The fourth-order valence-electron chi connectivity index (χ4n) is 2.30. The first-order valence-electron chi connectivity index (χ1n) is 6.43. The first-order valence-corrected chi connectivity index (χ1v) is 7.22. The van der Waals surface area contributed by atoms with Gasteiger partial charge in [-0.1, -0.05) is 15.9 Å². The number of hydrogen-bond donors (Lipinski definition) is 1. The van der Waals surface area contributed by atoms with Crippen LogP contribution in [0.2, 0.25) is 0 Å². The molecule has 1 heterocycles. The number of carbonyl (C=O) groups excluding carboxylic acids is 1.